The molecule has 1 atom stereocenters. The minimum atomic E-state index is -0.337. The summed E-state index contributed by atoms with van der Waals surface area (Å²) < 4.78 is 5.47. The molecule has 0 bridgehead atoms. The molecule has 0 aromatic rings. The normalized spacial score (nSPS) is 25.2. The van der Waals surface area contributed by atoms with E-state index >= 15 is 0 Å². The second-order valence-electron chi connectivity index (χ2n) is 5.07. The van der Waals surface area contributed by atoms with Crippen molar-refractivity contribution in [3.63, 3.8) is 0 Å². The first-order valence-corrected chi connectivity index (χ1v) is 6.56. The van der Waals surface area contributed by atoms with Crippen LogP contribution in [-0.2, 0) is 9.53 Å². The van der Waals surface area contributed by atoms with Crippen molar-refractivity contribution in [1.82, 2.24) is 4.90 Å². The van der Waals surface area contributed by atoms with Crippen LogP contribution >= 0.6 is 0 Å². The number of carbonyl (C=O) groups is 1. The Morgan fingerprint density at radius 3 is 2.71 bits per heavy atom. The van der Waals surface area contributed by atoms with Crippen LogP contribution in [0, 0.1) is 5.92 Å². The lowest BCUT2D eigenvalue weighted by Crippen LogP contribution is -2.37. The lowest BCUT2D eigenvalue weighted by Gasteiger charge is -2.35. The predicted octanol–water partition coefficient (Wildman–Crippen LogP) is 1.42. The molecule has 0 spiro atoms. The molecule has 17 heavy (non-hydrogen) atoms. The molecule has 1 rings (SSSR count). The molecule has 0 radical (unpaired) electrons. The molecule has 4 nitrogen and oxygen atoms in total. The van der Waals surface area contributed by atoms with Gasteiger partial charge in [-0.3, -0.25) is 4.79 Å². The number of nitrogens with zero attached hydrogens (tertiary/aromatic N) is 1. The van der Waals surface area contributed by atoms with E-state index in [0.717, 1.165) is 19.4 Å². The highest BCUT2D eigenvalue weighted by molar-refractivity contribution is 5.76. The van der Waals surface area contributed by atoms with Gasteiger partial charge in [0.1, 0.15) is 0 Å². The summed E-state index contributed by atoms with van der Waals surface area (Å²) in [5.41, 5.74) is 0. The van der Waals surface area contributed by atoms with Crippen LogP contribution in [0.4, 0.5) is 0 Å². The van der Waals surface area contributed by atoms with Gasteiger partial charge in [-0.05, 0) is 39.0 Å². The highest BCUT2D eigenvalue weighted by Gasteiger charge is 2.31. The number of amides is 1. The topological polar surface area (TPSA) is 49.8 Å². The first-order chi connectivity index (χ1) is 8.02. The average molecular weight is 243 g/mol. The molecule has 1 N–H and O–H groups in total. The van der Waals surface area contributed by atoms with E-state index in [1.807, 2.05) is 14.0 Å². The number of carbonyl (C=O) groups excluding carboxylic acids is 1. The molecular weight excluding hydrogens is 218 g/mol. The third-order valence-electron chi connectivity index (χ3n) is 3.37. The number of aliphatic hydroxyl groups is 1. The minimum absolute atomic E-state index is 0.186. The zero-order valence-electron chi connectivity index (χ0n) is 11.2. The first-order valence-electron chi connectivity index (χ1n) is 6.56. The van der Waals surface area contributed by atoms with E-state index in [4.69, 9.17) is 9.84 Å². The molecule has 1 aliphatic carbocycles. The molecule has 1 fully saturated rings. The summed E-state index contributed by atoms with van der Waals surface area (Å²) in [7, 11) is 1.81. The molecule has 1 amide bonds. The van der Waals surface area contributed by atoms with Crippen molar-refractivity contribution in [3.05, 3.63) is 0 Å². The molecule has 0 aromatic carbocycles. The lowest BCUT2D eigenvalue weighted by atomic mass is 9.80. The maximum atomic E-state index is 11.8. The van der Waals surface area contributed by atoms with Crippen LogP contribution in [0.1, 0.15) is 39.5 Å². The summed E-state index contributed by atoms with van der Waals surface area (Å²) in [4.78, 5) is 13.5. The Labute approximate surface area is 104 Å². The van der Waals surface area contributed by atoms with Gasteiger partial charge in [-0.15, -0.1) is 0 Å². The van der Waals surface area contributed by atoms with Crippen LogP contribution in [0.5, 0.6) is 0 Å². The van der Waals surface area contributed by atoms with Crippen molar-refractivity contribution in [2.45, 2.75) is 51.7 Å². The highest BCUT2D eigenvalue weighted by atomic mass is 16.5. The van der Waals surface area contributed by atoms with Crippen molar-refractivity contribution in [2.75, 3.05) is 20.2 Å². The van der Waals surface area contributed by atoms with Crippen LogP contribution in [0.15, 0.2) is 0 Å². The van der Waals surface area contributed by atoms with Crippen molar-refractivity contribution >= 4 is 5.91 Å². The fourth-order valence-corrected chi connectivity index (χ4v) is 2.12. The summed E-state index contributed by atoms with van der Waals surface area (Å²) >= 11 is 0. The van der Waals surface area contributed by atoms with Crippen LogP contribution in [0.25, 0.3) is 0 Å². The van der Waals surface area contributed by atoms with Crippen LogP contribution < -0.4 is 0 Å². The minimum Gasteiger partial charge on any atom is -0.393 e. The summed E-state index contributed by atoms with van der Waals surface area (Å²) in [5.74, 6) is 0.679. The molecule has 1 unspecified atom stereocenters. The predicted molar refractivity (Wildman–Crippen MR) is 66.7 cm³/mol. The standard InChI is InChI=1S/C13H25NO3/c1-4-17-12-7-11(8-12)9-13(16)14(3)6-5-10(2)15/h10-12,15H,4-9H2,1-3H3. The summed E-state index contributed by atoms with van der Waals surface area (Å²) in [6, 6.07) is 0. The van der Waals surface area contributed by atoms with Crippen LogP contribution in [-0.4, -0.2) is 48.3 Å². The number of hydrogen-bond donors (Lipinski definition) is 1. The van der Waals surface area contributed by atoms with E-state index in [1.54, 1.807) is 11.8 Å². The Kier molecular flexibility index (Phi) is 5.92. The van der Waals surface area contributed by atoms with E-state index in [2.05, 4.69) is 0 Å². The van der Waals surface area contributed by atoms with Crippen molar-refractivity contribution in [3.8, 4) is 0 Å². The third-order valence-corrected chi connectivity index (χ3v) is 3.37. The second kappa shape index (κ2) is 6.97. The number of ether oxygens (including phenoxy) is 1. The van der Waals surface area contributed by atoms with Crippen molar-refractivity contribution < 1.29 is 14.6 Å². The van der Waals surface area contributed by atoms with Gasteiger partial charge in [-0.25, -0.2) is 0 Å². The van der Waals surface area contributed by atoms with Crippen LogP contribution in [0.2, 0.25) is 0 Å². The molecule has 0 saturated heterocycles. The number of rotatable bonds is 7. The van der Waals surface area contributed by atoms with Gasteiger partial charge in [0.25, 0.3) is 0 Å². The first kappa shape index (κ1) is 14.5. The molecule has 4 heteroatoms. The van der Waals surface area contributed by atoms with E-state index < -0.39 is 0 Å². The molecule has 1 aliphatic rings. The summed E-state index contributed by atoms with van der Waals surface area (Å²) in [6.45, 7) is 5.15. The number of hydrogen-bond acceptors (Lipinski definition) is 3. The third kappa shape index (κ3) is 5.04. The highest BCUT2D eigenvalue weighted by Crippen LogP contribution is 2.32. The van der Waals surface area contributed by atoms with E-state index in [-0.39, 0.29) is 12.0 Å². The zero-order valence-corrected chi connectivity index (χ0v) is 11.2. The van der Waals surface area contributed by atoms with Crippen LogP contribution in [0.3, 0.4) is 0 Å². The summed E-state index contributed by atoms with van der Waals surface area (Å²) in [6.07, 6.45) is 3.35. The molecule has 100 valence electrons. The van der Waals surface area contributed by atoms with Gasteiger partial charge in [-0.2, -0.15) is 0 Å². The lowest BCUT2D eigenvalue weighted by molar-refractivity contribution is -0.133. The molecular formula is C13H25NO3. The molecule has 1 saturated carbocycles. The Balaban J connectivity index is 2.13. The van der Waals surface area contributed by atoms with Crippen molar-refractivity contribution in [1.29, 1.82) is 0 Å². The van der Waals surface area contributed by atoms with Gasteiger partial charge in [0.2, 0.25) is 5.91 Å². The zero-order chi connectivity index (χ0) is 12.8. The van der Waals surface area contributed by atoms with Gasteiger partial charge >= 0.3 is 0 Å². The number of aliphatic hydroxyl groups excluding tert-OH is 1. The fourth-order valence-electron chi connectivity index (χ4n) is 2.12. The fraction of sp³-hybridized carbons (Fsp3) is 0.923. The maximum Gasteiger partial charge on any atom is 0.222 e. The Morgan fingerprint density at radius 2 is 2.18 bits per heavy atom. The average Bonchev–Trinajstić information content (AvgIpc) is 2.22. The van der Waals surface area contributed by atoms with E-state index in [0.29, 0.717) is 31.4 Å². The largest absolute Gasteiger partial charge is 0.393 e. The van der Waals surface area contributed by atoms with E-state index in [9.17, 15) is 4.79 Å². The van der Waals surface area contributed by atoms with E-state index in [1.165, 1.54) is 0 Å². The van der Waals surface area contributed by atoms with Gasteiger partial charge in [0.05, 0.1) is 12.2 Å². The molecule has 0 aromatic heterocycles. The van der Waals surface area contributed by atoms with Gasteiger partial charge in [0.15, 0.2) is 0 Å². The summed E-state index contributed by atoms with van der Waals surface area (Å²) in [5, 5.41) is 9.16. The SMILES string of the molecule is CCOC1CC(CC(=O)N(C)CCC(C)O)C1. The molecule has 0 heterocycles. The smallest absolute Gasteiger partial charge is 0.222 e. The monoisotopic (exact) mass is 243 g/mol. The quantitative estimate of drug-likeness (QED) is 0.735. The van der Waals surface area contributed by atoms with Crippen molar-refractivity contribution in [2.24, 2.45) is 5.92 Å². The Bertz CT molecular complexity index is 237. The Morgan fingerprint density at radius 1 is 1.53 bits per heavy atom. The molecule has 0 aliphatic heterocycles. The maximum absolute atomic E-state index is 11.8. The van der Waals surface area contributed by atoms with Gasteiger partial charge in [-0.1, -0.05) is 0 Å². The Hall–Kier alpha value is -0.610. The second-order valence-corrected chi connectivity index (χ2v) is 5.07. The van der Waals surface area contributed by atoms with Gasteiger partial charge < -0.3 is 14.7 Å². The van der Waals surface area contributed by atoms with Gasteiger partial charge in [0, 0.05) is 26.6 Å².